The first-order chi connectivity index (χ1) is 10.3. The van der Waals surface area contributed by atoms with Crippen molar-refractivity contribution in [1.29, 1.82) is 5.41 Å². The molecule has 0 aliphatic carbocycles. The number of hydrogen-bond donors (Lipinski definition) is 2. The highest BCUT2D eigenvalue weighted by Gasteiger charge is 2.25. The number of nitrogens with zero attached hydrogens (tertiary/aromatic N) is 1. The van der Waals surface area contributed by atoms with Gasteiger partial charge in [0.25, 0.3) is 15.7 Å². The van der Waals surface area contributed by atoms with Crippen molar-refractivity contribution in [3.8, 4) is 0 Å². The molecule has 2 aromatic carbocycles. The Balaban J connectivity index is 2.36. The summed E-state index contributed by atoms with van der Waals surface area (Å²) >= 11 is 0. The van der Waals surface area contributed by atoms with Gasteiger partial charge >= 0.3 is 0 Å². The van der Waals surface area contributed by atoms with Crippen LogP contribution in [0.2, 0.25) is 0 Å². The Kier molecular flexibility index (Phi) is 4.08. The van der Waals surface area contributed by atoms with E-state index in [0.29, 0.717) is 0 Å². The molecule has 0 saturated carbocycles. The van der Waals surface area contributed by atoms with E-state index in [9.17, 15) is 23.6 Å². The molecule has 0 radical (unpaired) electrons. The Hall–Kier alpha value is -2.94. The molecular formula is C13H10N3O5S-. The van der Waals surface area contributed by atoms with Gasteiger partial charge in [0.2, 0.25) is 0 Å². The van der Waals surface area contributed by atoms with Crippen molar-refractivity contribution in [3.05, 3.63) is 64.2 Å². The van der Waals surface area contributed by atoms with Crippen LogP contribution in [-0.2, 0) is 10.0 Å². The summed E-state index contributed by atoms with van der Waals surface area (Å²) in [5.41, 5.74) is -0.301. The SMILES string of the molecule is N=C([O-])c1ccc(NS(=O)(=O)c2ccccc2[N+](=O)[O-])cc1. The molecule has 0 unspecified atom stereocenters. The average molecular weight is 320 g/mol. The molecule has 2 N–H and O–H groups in total. The highest BCUT2D eigenvalue weighted by Crippen LogP contribution is 2.25. The Morgan fingerprint density at radius 1 is 1.09 bits per heavy atom. The molecule has 114 valence electrons. The van der Waals surface area contributed by atoms with Crippen LogP contribution in [0.5, 0.6) is 0 Å². The molecule has 0 bridgehead atoms. The molecule has 2 rings (SSSR count). The van der Waals surface area contributed by atoms with Gasteiger partial charge < -0.3 is 10.5 Å². The van der Waals surface area contributed by atoms with Gasteiger partial charge in [-0.2, -0.15) is 0 Å². The molecule has 8 nitrogen and oxygen atoms in total. The van der Waals surface area contributed by atoms with E-state index in [-0.39, 0.29) is 11.3 Å². The van der Waals surface area contributed by atoms with E-state index >= 15 is 0 Å². The summed E-state index contributed by atoms with van der Waals surface area (Å²) in [6.07, 6.45) is 0. The van der Waals surface area contributed by atoms with Crippen LogP contribution in [0.4, 0.5) is 11.4 Å². The van der Waals surface area contributed by atoms with Crippen LogP contribution in [0.1, 0.15) is 5.56 Å². The minimum atomic E-state index is -4.15. The average Bonchev–Trinajstić information content (AvgIpc) is 2.47. The third-order valence-electron chi connectivity index (χ3n) is 2.75. The molecule has 0 atom stereocenters. The maximum Gasteiger partial charge on any atom is 0.289 e. The van der Waals surface area contributed by atoms with E-state index in [1.54, 1.807) is 0 Å². The van der Waals surface area contributed by atoms with Gasteiger partial charge in [0.15, 0.2) is 4.90 Å². The molecule has 9 heteroatoms. The second-order valence-electron chi connectivity index (χ2n) is 4.24. The van der Waals surface area contributed by atoms with Crippen molar-refractivity contribution in [2.45, 2.75) is 4.90 Å². The fraction of sp³-hybridized carbons (Fsp3) is 0. The Morgan fingerprint density at radius 3 is 2.23 bits per heavy atom. The molecule has 0 fully saturated rings. The zero-order valence-corrected chi connectivity index (χ0v) is 11.8. The van der Waals surface area contributed by atoms with Crippen LogP contribution < -0.4 is 9.83 Å². The largest absolute Gasteiger partial charge is 0.859 e. The van der Waals surface area contributed by atoms with Crippen LogP contribution >= 0.6 is 0 Å². The summed E-state index contributed by atoms with van der Waals surface area (Å²) in [5, 5.41) is 28.7. The third kappa shape index (κ3) is 3.20. The normalized spacial score (nSPS) is 10.9. The van der Waals surface area contributed by atoms with Crippen LogP contribution in [0.15, 0.2) is 53.4 Å². The number of sulfonamides is 1. The molecule has 0 aliphatic rings. The van der Waals surface area contributed by atoms with Crippen molar-refractivity contribution < 1.29 is 18.4 Å². The second kappa shape index (κ2) is 5.82. The molecule has 0 saturated heterocycles. The topological polar surface area (TPSA) is 136 Å². The first kappa shape index (κ1) is 15.4. The number of para-hydroxylation sites is 1. The minimum absolute atomic E-state index is 0.105. The van der Waals surface area contributed by atoms with Gasteiger partial charge in [0, 0.05) is 11.8 Å². The lowest BCUT2D eigenvalue weighted by molar-refractivity contribution is -0.387. The van der Waals surface area contributed by atoms with Crippen LogP contribution in [0.3, 0.4) is 0 Å². The quantitative estimate of drug-likeness (QED) is 0.367. The fourth-order valence-corrected chi connectivity index (χ4v) is 2.97. The van der Waals surface area contributed by atoms with Gasteiger partial charge in [-0.25, -0.2) is 8.42 Å². The first-order valence-corrected chi connectivity index (χ1v) is 7.42. The lowest BCUT2D eigenvalue weighted by Gasteiger charge is -2.10. The van der Waals surface area contributed by atoms with Gasteiger partial charge in [-0.05, 0) is 29.7 Å². The third-order valence-corrected chi connectivity index (χ3v) is 4.18. The Labute approximate surface area is 125 Å². The highest BCUT2D eigenvalue weighted by atomic mass is 32.2. The predicted octanol–water partition coefficient (Wildman–Crippen LogP) is 1.08. The number of nitrogens with one attached hydrogen (secondary N) is 2. The molecule has 0 amide bonds. The zero-order chi connectivity index (χ0) is 16.3. The molecule has 0 aliphatic heterocycles. The first-order valence-electron chi connectivity index (χ1n) is 5.93. The Morgan fingerprint density at radius 2 is 1.68 bits per heavy atom. The van der Waals surface area contributed by atoms with E-state index in [1.165, 1.54) is 36.4 Å². The van der Waals surface area contributed by atoms with Crippen LogP contribution in [0, 0.1) is 15.5 Å². The van der Waals surface area contributed by atoms with Crippen molar-refractivity contribution in [3.63, 3.8) is 0 Å². The van der Waals surface area contributed by atoms with Gasteiger partial charge in [-0.1, -0.05) is 24.3 Å². The van der Waals surface area contributed by atoms with Crippen molar-refractivity contribution in [2.24, 2.45) is 0 Å². The predicted molar refractivity (Wildman–Crippen MR) is 77.2 cm³/mol. The van der Waals surface area contributed by atoms with E-state index in [0.717, 1.165) is 12.1 Å². The summed E-state index contributed by atoms with van der Waals surface area (Å²) in [6, 6.07) is 10.1. The number of rotatable bonds is 5. The van der Waals surface area contributed by atoms with E-state index in [4.69, 9.17) is 5.41 Å². The smallest absolute Gasteiger partial charge is 0.289 e. The lowest BCUT2D eigenvalue weighted by atomic mass is 10.2. The lowest BCUT2D eigenvalue weighted by Crippen LogP contribution is -2.17. The van der Waals surface area contributed by atoms with Gasteiger partial charge in [-0.3, -0.25) is 14.8 Å². The van der Waals surface area contributed by atoms with Gasteiger partial charge in [0.1, 0.15) is 0 Å². The minimum Gasteiger partial charge on any atom is -0.859 e. The molecule has 22 heavy (non-hydrogen) atoms. The highest BCUT2D eigenvalue weighted by molar-refractivity contribution is 7.92. The van der Waals surface area contributed by atoms with E-state index in [1.807, 2.05) is 0 Å². The second-order valence-corrected chi connectivity index (χ2v) is 5.89. The standard InChI is InChI=1S/C13H11N3O5S/c14-13(17)9-5-7-10(8-6-9)15-22(20,21)12-4-2-1-3-11(12)16(18)19/h1-8,15H,(H2,14,17)/p-1. The van der Waals surface area contributed by atoms with Crippen molar-refractivity contribution in [1.82, 2.24) is 0 Å². The summed E-state index contributed by atoms with van der Waals surface area (Å²) in [5.74, 6) is -0.895. The zero-order valence-electron chi connectivity index (χ0n) is 11.0. The van der Waals surface area contributed by atoms with Gasteiger partial charge in [0.05, 0.1) is 4.92 Å². The molecular weight excluding hydrogens is 310 g/mol. The molecule has 2 aromatic rings. The van der Waals surface area contributed by atoms with Crippen LogP contribution in [0.25, 0.3) is 0 Å². The summed E-state index contributed by atoms with van der Waals surface area (Å²) in [7, 11) is -4.15. The molecule has 0 aromatic heterocycles. The summed E-state index contributed by atoms with van der Waals surface area (Å²) in [6.45, 7) is 0. The Bertz CT molecular complexity index is 831. The van der Waals surface area contributed by atoms with Crippen molar-refractivity contribution in [2.75, 3.05) is 4.72 Å². The van der Waals surface area contributed by atoms with Crippen LogP contribution in [-0.4, -0.2) is 19.2 Å². The maximum absolute atomic E-state index is 12.2. The summed E-state index contributed by atoms with van der Waals surface area (Å²) < 4.78 is 26.6. The van der Waals surface area contributed by atoms with E-state index in [2.05, 4.69) is 4.72 Å². The number of benzene rings is 2. The summed E-state index contributed by atoms with van der Waals surface area (Å²) in [4.78, 5) is 9.66. The van der Waals surface area contributed by atoms with Crippen molar-refractivity contribution >= 4 is 27.3 Å². The fourth-order valence-electron chi connectivity index (χ4n) is 1.74. The van der Waals surface area contributed by atoms with E-state index < -0.39 is 31.4 Å². The monoisotopic (exact) mass is 320 g/mol. The number of anilines is 1. The number of nitro groups is 1. The number of hydrogen-bond acceptors (Lipinski definition) is 6. The number of nitro benzene ring substituents is 1. The molecule has 0 spiro atoms. The maximum atomic E-state index is 12.2. The van der Waals surface area contributed by atoms with Gasteiger partial charge in [-0.15, -0.1) is 0 Å². The molecule has 0 heterocycles.